The maximum Gasteiger partial charge on any atom is 0.307 e. The van der Waals surface area contributed by atoms with E-state index in [-0.39, 0.29) is 15.7 Å². The smallest absolute Gasteiger partial charge is 0.307 e. The van der Waals surface area contributed by atoms with Gasteiger partial charge in [0.1, 0.15) is 6.04 Å². The summed E-state index contributed by atoms with van der Waals surface area (Å²) in [5, 5.41) is 2.64. The zero-order chi connectivity index (χ0) is 15.9. The monoisotopic (exact) mass is 341 g/mol. The minimum absolute atomic E-state index is 0.0558. The Morgan fingerprint density at radius 1 is 1.36 bits per heavy atom. The summed E-state index contributed by atoms with van der Waals surface area (Å²) in [4.78, 5) is 23.2. The van der Waals surface area contributed by atoms with Crippen molar-refractivity contribution in [3.63, 3.8) is 0 Å². The van der Waals surface area contributed by atoms with Crippen LogP contribution >= 0.6 is 11.3 Å². The Labute approximate surface area is 131 Å². The van der Waals surface area contributed by atoms with Gasteiger partial charge in [-0.2, -0.15) is 4.72 Å². The summed E-state index contributed by atoms with van der Waals surface area (Å²) in [6.45, 7) is 0.570. The molecule has 0 saturated carbocycles. The van der Waals surface area contributed by atoms with Crippen molar-refractivity contribution in [1.82, 2.24) is 14.6 Å². The third-order valence-corrected chi connectivity index (χ3v) is 6.12. The van der Waals surface area contributed by atoms with Crippen LogP contribution in [-0.4, -0.2) is 31.5 Å². The largest absolute Gasteiger partial charge is 0.355 e. The number of piperidine rings is 1. The van der Waals surface area contributed by atoms with Crippen LogP contribution in [0.3, 0.4) is 0 Å². The summed E-state index contributed by atoms with van der Waals surface area (Å²) < 4.78 is 29.3. The average Bonchev–Trinajstić information content (AvgIpc) is 2.76. The highest BCUT2D eigenvalue weighted by Crippen LogP contribution is 2.21. The second-order valence-corrected chi connectivity index (χ2v) is 7.87. The van der Waals surface area contributed by atoms with Gasteiger partial charge in [0.15, 0.2) is 0 Å². The number of thiazole rings is 1. The highest BCUT2D eigenvalue weighted by Gasteiger charge is 2.27. The maximum absolute atomic E-state index is 12.4. The van der Waals surface area contributed by atoms with Crippen molar-refractivity contribution in [2.24, 2.45) is 7.05 Å². The number of benzene rings is 1. The van der Waals surface area contributed by atoms with E-state index in [0.717, 1.165) is 17.8 Å². The molecule has 0 bridgehead atoms. The lowest BCUT2D eigenvalue weighted by Crippen LogP contribution is -2.50. The molecule has 118 valence electrons. The SMILES string of the molecule is Cn1c(=O)sc2cc(S(=O)(=O)N[C@H]3CCCNC3=O)ccc21. The summed E-state index contributed by atoms with van der Waals surface area (Å²) >= 11 is 0.992. The van der Waals surface area contributed by atoms with Crippen LogP contribution in [0.25, 0.3) is 10.2 Å². The van der Waals surface area contributed by atoms with E-state index >= 15 is 0 Å². The second-order valence-electron chi connectivity index (χ2n) is 5.16. The van der Waals surface area contributed by atoms with Gasteiger partial charge < -0.3 is 9.88 Å². The molecule has 1 amide bonds. The minimum atomic E-state index is -3.80. The van der Waals surface area contributed by atoms with Crippen molar-refractivity contribution in [2.75, 3.05) is 6.54 Å². The van der Waals surface area contributed by atoms with E-state index in [9.17, 15) is 18.0 Å². The van der Waals surface area contributed by atoms with Gasteiger partial charge in [-0.05, 0) is 31.0 Å². The molecule has 0 unspecified atom stereocenters. The van der Waals surface area contributed by atoms with Gasteiger partial charge in [-0.3, -0.25) is 9.59 Å². The molecule has 2 heterocycles. The number of amides is 1. The zero-order valence-corrected chi connectivity index (χ0v) is 13.5. The number of sulfonamides is 1. The normalized spacial score (nSPS) is 19.3. The van der Waals surface area contributed by atoms with E-state index in [1.807, 2.05) is 0 Å². The fourth-order valence-corrected chi connectivity index (χ4v) is 4.67. The van der Waals surface area contributed by atoms with Gasteiger partial charge in [-0.25, -0.2) is 8.42 Å². The zero-order valence-electron chi connectivity index (χ0n) is 11.8. The second kappa shape index (κ2) is 5.49. The van der Waals surface area contributed by atoms with Crippen LogP contribution < -0.4 is 14.9 Å². The molecule has 3 rings (SSSR count). The molecule has 7 nitrogen and oxygen atoms in total. The minimum Gasteiger partial charge on any atom is -0.355 e. The predicted octanol–water partition coefficient (Wildman–Crippen LogP) is 0.157. The number of carbonyl (C=O) groups excluding carboxylic acids is 1. The molecule has 0 spiro atoms. The molecular weight excluding hydrogens is 326 g/mol. The third-order valence-electron chi connectivity index (χ3n) is 3.66. The van der Waals surface area contributed by atoms with Crippen LogP contribution in [0.5, 0.6) is 0 Å². The lowest BCUT2D eigenvalue weighted by molar-refractivity contribution is -0.124. The molecule has 1 aliphatic heterocycles. The topological polar surface area (TPSA) is 97.3 Å². The van der Waals surface area contributed by atoms with E-state index in [2.05, 4.69) is 10.0 Å². The number of nitrogens with one attached hydrogen (secondary N) is 2. The number of hydrogen-bond acceptors (Lipinski definition) is 5. The Bertz CT molecular complexity index is 898. The Kier molecular flexibility index (Phi) is 3.79. The number of hydrogen-bond donors (Lipinski definition) is 2. The molecule has 1 aliphatic rings. The van der Waals surface area contributed by atoms with Crippen LogP contribution in [0, 0.1) is 0 Å². The molecule has 9 heteroatoms. The highest BCUT2D eigenvalue weighted by atomic mass is 32.2. The molecule has 0 radical (unpaired) electrons. The molecule has 1 aromatic carbocycles. The van der Waals surface area contributed by atoms with Crippen molar-refractivity contribution in [1.29, 1.82) is 0 Å². The predicted molar refractivity (Wildman–Crippen MR) is 83.4 cm³/mol. The lowest BCUT2D eigenvalue weighted by Gasteiger charge is -2.22. The van der Waals surface area contributed by atoms with Crippen molar-refractivity contribution in [3.05, 3.63) is 27.9 Å². The van der Waals surface area contributed by atoms with Crippen molar-refractivity contribution in [2.45, 2.75) is 23.8 Å². The summed E-state index contributed by atoms with van der Waals surface area (Å²) in [5.74, 6) is -0.305. The first-order valence-corrected chi connectivity index (χ1v) is 9.08. The number of rotatable bonds is 3. The fourth-order valence-electron chi connectivity index (χ4n) is 2.42. The lowest BCUT2D eigenvalue weighted by atomic mass is 10.1. The average molecular weight is 341 g/mol. The molecule has 2 aromatic rings. The highest BCUT2D eigenvalue weighted by molar-refractivity contribution is 7.89. The van der Waals surface area contributed by atoms with Crippen LogP contribution in [0.2, 0.25) is 0 Å². The van der Waals surface area contributed by atoms with E-state index < -0.39 is 16.1 Å². The molecule has 2 N–H and O–H groups in total. The maximum atomic E-state index is 12.4. The van der Waals surface area contributed by atoms with Crippen molar-refractivity contribution >= 4 is 37.5 Å². The molecule has 1 aromatic heterocycles. The number of aromatic nitrogens is 1. The van der Waals surface area contributed by atoms with Gasteiger partial charge in [0.2, 0.25) is 15.9 Å². The number of aryl methyl sites for hydroxylation is 1. The number of fused-ring (bicyclic) bond motifs is 1. The summed E-state index contributed by atoms with van der Waals surface area (Å²) in [5.41, 5.74) is 0.685. The van der Waals surface area contributed by atoms with Crippen molar-refractivity contribution in [3.8, 4) is 0 Å². The van der Waals surface area contributed by atoms with E-state index in [1.54, 1.807) is 13.1 Å². The molecular formula is C13H15N3O4S2. The first-order chi connectivity index (χ1) is 10.4. The summed E-state index contributed by atoms with van der Waals surface area (Å²) in [6, 6.07) is 3.76. The van der Waals surface area contributed by atoms with Gasteiger partial charge in [0.05, 0.1) is 15.1 Å². The molecule has 1 atom stereocenters. The van der Waals surface area contributed by atoms with E-state index in [0.29, 0.717) is 23.2 Å². The molecule has 1 fully saturated rings. The quantitative estimate of drug-likeness (QED) is 0.831. The van der Waals surface area contributed by atoms with Gasteiger partial charge in [-0.15, -0.1) is 0 Å². The fraction of sp³-hybridized carbons (Fsp3) is 0.385. The molecule has 0 aliphatic carbocycles. The van der Waals surface area contributed by atoms with Crippen LogP contribution in [0.4, 0.5) is 0 Å². The standard InChI is InChI=1S/C13H15N3O4S2/c1-16-10-5-4-8(7-11(10)21-13(16)18)22(19,20)15-9-3-2-6-14-12(9)17/h4-5,7,9,15H,2-3,6H2,1H3,(H,14,17)/t9-/m0/s1. The van der Waals surface area contributed by atoms with Gasteiger partial charge >= 0.3 is 4.87 Å². The van der Waals surface area contributed by atoms with Gasteiger partial charge in [-0.1, -0.05) is 11.3 Å². The number of carbonyl (C=O) groups is 1. The Morgan fingerprint density at radius 2 is 2.14 bits per heavy atom. The first-order valence-electron chi connectivity index (χ1n) is 6.78. The third kappa shape index (κ3) is 2.67. The van der Waals surface area contributed by atoms with Gasteiger partial charge in [0, 0.05) is 13.6 Å². The summed E-state index contributed by atoms with van der Waals surface area (Å²) in [6.07, 6.45) is 1.21. The van der Waals surface area contributed by atoms with E-state index in [4.69, 9.17) is 0 Å². The van der Waals surface area contributed by atoms with Crippen LogP contribution in [0.1, 0.15) is 12.8 Å². The van der Waals surface area contributed by atoms with Crippen LogP contribution in [-0.2, 0) is 21.9 Å². The van der Waals surface area contributed by atoms with E-state index in [1.165, 1.54) is 16.7 Å². The number of nitrogens with zero attached hydrogens (tertiary/aromatic N) is 1. The van der Waals surface area contributed by atoms with Crippen molar-refractivity contribution < 1.29 is 13.2 Å². The first kappa shape index (κ1) is 15.2. The van der Waals surface area contributed by atoms with Gasteiger partial charge in [0.25, 0.3) is 0 Å². The Balaban J connectivity index is 1.94. The Hall–Kier alpha value is -1.71. The Morgan fingerprint density at radius 3 is 2.86 bits per heavy atom. The summed E-state index contributed by atoms with van der Waals surface area (Å²) in [7, 11) is -2.16. The van der Waals surface area contributed by atoms with Crippen LogP contribution in [0.15, 0.2) is 27.9 Å². The molecule has 1 saturated heterocycles. The molecule has 22 heavy (non-hydrogen) atoms.